The highest BCUT2D eigenvalue weighted by molar-refractivity contribution is 5.96. The number of β-amino-alcohol motifs (C(OH)–C–C–N with tert-alkyl or cyclic N) is 1. The van der Waals surface area contributed by atoms with Crippen LogP contribution in [-0.4, -0.2) is 36.2 Å². The zero-order valence-corrected chi connectivity index (χ0v) is 9.65. The Hall–Kier alpha value is -1.39. The van der Waals surface area contributed by atoms with Crippen molar-refractivity contribution in [1.82, 2.24) is 5.32 Å². The highest BCUT2D eigenvalue weighted by Crippen LogP contribution is 2.29. The Bertz CT molecular complexity index is 454. The summed E-state index contributed by atoms with van der Waals surface area (Å²) in [5.41, 5.74) is 1.40. The number of carbonyl (C=O) groups is 1. The van der Waals surface area contributed by atoms with E-state index in [9.17, 15) is 9.90 Å². The summed E-state index contributed by atoms with van der Waals surface area (Å²) in [4.78, 5) is 14.0. The van der Waals surface area contributed by atoms with Gasteiger partial charge in [0, 0.05) is 25.3 Å². The van der Waals surface area contributed by atoms with Crippen molar-refractivity contribution in [3.8, 4) is 0 Å². The average molecular weight is 232 g/mol. The molecule has 4 nitrogen and oxygen atoms in total. The summed E-state index contributed by atoms with van der Waals surface area (Å²) in [5.74, 6) is 0.0268. The topological polar surface area (TPSA) is 52.6 Å². The quantitative estimate of drug-likeness (QED) is 0.771. The zero-order valence-electron chi connectivity index (χ0n) is 9.65. The standard InChI is InChI=1S/C13H16N2O2/c16-12(7-13(17)8-14-9-13)15-6-5-10-3-1-2-4-11(10)15/h1-4,14,17H,5-9H2. The van der Waals surface area contributed by atoms with Crippen LogP contribution in [0.4, 0.5) is 5.69 Å². The maximum absolute atomic E-state index is 12.2. The number of anilines is 1. The third kappa shape index (κ3) is 1.83. The molecule has 2 aliphatic heterocycles. The fourth-order valence-corrected chi connectivity index (χ4v) is 2.51. The lowest BCUT2D eigenvalue weighted by Crippen LogP contribution is -2.61. The van der Waals surface area contributed by atoms with E-state index in [2.05, 4.69) is 11.4 Å². The number of rotatable bonds is 2. The first-order chi connectivity index (χ1) is 8.18. The molecule has 1 aromatic rings. The lowest BCUT2D eigenvalue weighted by molar-refractivity contribution is -0.125. The molecule has 0 spiro atoms. The smallest absolute Gasteiger partial charge is 0.230 e. The molecule has 2 heterocycles. The number of amides is 1. The normalized spacial score (nSPS) is 20.9. The second kappa shape index (κ2) is 3.82. The number of aliphatic hydroxyl groups is 1. The number of nitrogens with zero attached hydrogens (tertiary/aromatic N) is 1. The van der Waals surface area contributed by atoms with E-state index >= 15 is 0 Å². The van der Waals surface area contributed by atoms with Crippen LogP contribution in [0.15, 0.2) is 24.3 Å². The Kier molecular flexibility index (Phi) is 2.42. The van der Waals surface area contributed by atoms with Crippen molar-refractivity contribution >= 4 is 11.6 Å². The van der Waals surface area contributed by atoms with Crippen LogP contribution >= 0.6 is 0 Å². The van der Waals surface area contributed by atoms with Crippen LogP contribution in [0.1, 0.15) is 12.0 Å². The average Bonchev–Trinajstić information content (AvgIpc) is 2.70. The molecule has 0 bridgehead atoms. The Morgan fingerprint density at radius 1 is 1.41 bits per heavy atom. The molecule has 3 rings (SSSR count). The van der Waals surface area contributed by atoms with Gasteiger partial charge >= 0.3 is 0 Å². The molecule has 1 fully saturated rings. The van der Waals surface area contributed by atoms with E-state index < -0.39 is 5.60 Å². The second-order valence-electron chi connectivity index (χ2n) is 4.93. The molecule has 0 saturated carbocycles. The van der Waals surface area contributed by atoms with E-state index in [1.807, 2.05) is 18.2 Å². The Morgan fingerprint density at radius 2 is 2.18 bits per heavy atom. The third-order valence-electron chi connectivity index (χ3n) is 3.58. The van der Waals surface area contributed by atoms with E-state index in [0.29, 0.717) is 13.1 Å². The molecular formula is C13H16N2O2. The fraction of sp³-hybridized carbons (Fsp3) is 0.462. The first-order valence-electron chi connectivity index (χ1n) is 5.99. The van der Waals surface area contributed by atoms with Gasteiger partial charge in [-0.15, -0.1) is 0 Å². The number of benzene rings is 1. The van der Waals surface area contributed by atoms with E-state index in [-0.39, 0.29) is 12.3 Å². The summed E-state index contributed by atoms with van der Waals surface area (Å²) in [6, 6.07) is 7.98. The molecule has 0 aromatic heterocycles. The zero-order chi connectivity index (χ0) is 11.9. The molecular weight excluding hydrogens is 216 g/mol. The minimum atomic E-state index is -0.825. The van der Waals surface area contributed by atoms with Crippen molar-refractivity contribution in [1.29, 1.82) is 0 Å². The molecule has 0 radical (unpaired) electrons. The summed E-state index contributed by atoms with van der Waals surface area (Å²) >= 11 is 0. The van der Waals surface area contributed by atoms with Crippen molar-refractivity contribution in [2.24, 2.45) is 0 Å². The van der Waals surface area contributed by atoms with Gasteiger partial charge in [0.15, 0.2) is 0 Å². The van der Waals surface area contributed by atoms with Gasteiger partial charge in [-0.25, -0.2) is 0 Å². The Labute approximate surface area is 100 Å². The Balaban J connectivity index is 1.75. The number of fused-ring (bicyclic) bond motifs is 1. The van der Waals surface area contributed by atoms with E-state index in [1.54, 1.807) is 4.90 Å². The molecule has 4 heteroatoms. The van der Waals surface area contributed by atoms with Crippen LogP contribution in [0.3, 0.4) is 0 Å². The third-order valence-corrected chi connectivity index (χ3v) is 3.58. The number of hydrogen-bond acceptors (Lipinski definition) is 3. The van der Waals surface area contributed by atoms with Crippen LogP contribution in [-0.2, 0) is 11.2 Å². The number of para-hydroxylation sites is 1. The summed E-state index contributed by atoms with van der Waals surface area (Å²) in [7, 11) is 0. The molecule has 17 heavy (non-hydrogen) atoms. The van der Waals surface area contributed by atoms with Crippen molar-refractivity contribution in [3.63, 3.8) is 0 Å². The summed E-state index contributed by atoms with van der Waals surface area (Å²) in [6.07, 6.45) is 1.13. The van der Waals surface area contributed by atoms with Crippen LogP contribution in [0.2, 0.25) is 0 Å². The largest absolute Gasteiger partial charge is 0.387 e. The van der Waals surface area contributed by atoms with E-state index in [0.717, 1.165) is 18.7 Å². The van der Waals surface area contributed by atoms with Gasteiger partial charge in [-0.05, 0) is 18.1 Å². The lowest BCUT2D eigenvalue weighted by Gasteiger charge is -2.38. The van der Waals surface area contributed by atoms with Crippen LogP contribution in [0.25, 0.3) is 0 Å². The first kappa shape index (κ1) is 10.7. The maximum atomic E-state index is 12.2. The highest BCUT2D eigenvalue weighted by Gasteiger charge is 2.38. The summed E-state index contributed by atoms with van der Waals surface area (Å²) in [5, 5.41) is 13.0. The van der Waals surface area contributed by atoms with E-state index in [4.69, 9.17) is 0 Å². The SMILES string of the molecule is O=C(CC1(O)CNC1)N1CCc2ccccc21. The fourth-order valence-electron chi connectivity index (χ4n) is 2.51. The molecule has 90 valence electrons. The van der Waals surface area contributed by atoms with Crippen LogP contribution in [0.5, 0.6) is 0 Å². The van der Waals surface area contributed by atoms with Crippen molar-refractivity contribution in [2.45, 2.75) is 18.4 Å². The summed E-state index contributed by atoms with van der Waals surface area (Å²) in [6.45, 7) is 1.78. The van der Waals surface area contributed by atoms with Crippen LogP contribution in [0, 0.1) is 0 Å². The lowest BCUT2D eigenvalue weighted by atomic mass is 9.92. The van der Waals surface area contributed by atoms with Gasteiger partial charge in [0.25, 0.3) is 0 Å². The summed E-state index contributed by atoms with van der Waals surface area (Å²) < 4.78 is 0. The molecule has 1 saturated heterocycles. The van der Waals surface area contributed by atoms with Gasteiger partial charge in [-0.3, -0.25) is 4.79 Å². The van der Waals surface area contributed by atoms with Gasteiger partial charge in [-0.1, -0.05) is 18.2 Å². The number of carbonyl (C=O) groups excluding carboxylic acids is 1. The van der Waals surface area contributed by atoms with Crippen molar-refractivity contribution in [3.05, 3.63) is 29.8 Å². The van der Waals surface area contributed by atoms with Gasteiger partial charge in [-0.2, -0.15) is 0 Å². The number of nitrogens with one attached hydrogen (secondary N) is 1. The number of hydrogen-bond donors (Lipinski definition) is 2. The Morgan fingerprint density at radius 3 is 2.88 bits per heavy atom. The van der Waals surface area contributed by atoms with E-state index in [1.165, 1.54) is 5.56 Å². The molecule has 2 N–H and O–H groups in total. The van der Waals surface area contributed by atoms with Gasteiger partial charge < -0.3 is 15.3 Å². The van der Waals surface area contributed by atoms with Gasteiger partial charge in [0.1, 0.15) is 0 Å². The van der Waals surface area contributed by atoms with Gasteiger partial charge in [0.05, 0.1) is 12.0 Å². The second-order valence-corrected chi connectivity index (χ2v) is 4.93. The monoisotopic (exact) mass is 232 g/mol. The minimum Gasteiger partial charge on any atom is -0.387 e. The predicted octanol–water partition coefficient (Wildman–Crippen LogP) is 0.300. The predicted molar refractivity (Wildman–Crippen MR) is 64.9 cm³/mol. The maximum Gasteiger partial charge on any atom is 0.230 e. The molecule has 2 aliphatic rings. The van der Waals surface area contributed by atoms with Crippen molar-refractivity contribution in [2.75, 3.05) is 24.5 Å². The molecule has 0 atom stereocenters. The highest BCUT2D eigenvalue weighted by atomic mass is 16.3. The molecule has 0 unspecified atom stereocenters. The first-order valence-corrected chi connectivity index (χ1v) is 5.99. The molecule has 1 amide bonds. The van der Waals surface area contributed by atoms with Crippen molar-refractivity contribution < 1.29 is 9.90 Å². The van der Waals surface area contributed by atoms with Crippen LogP contribution < -0.4 is 10.2 Å². The minimum absolute atomic E-state index is 0.0268. The van der Waals surface area contributed by atoms with Gasteiger partial charge in [0.2, 0.25) is 5.91 Å². The molecule has 1 aromatic carbocycles. The molecule has 0 aliphatic carbocycles.